The fourth-order valence-corrected chi connectivity index (χ4v) is 2.69. The van der Waals surface area contributed by atoms with Crippen molar-refractivity contribution in [2.75, 3.05) is 0 Å². The molecule has 0 amide bonds. The molecular weight excluding hydrogens is 354 g/mol. The zero-order valence-electron chi connectivity index (χ0n) is 14.6. The van der Waals surface area contributed by atoms with Gasteiger partial charge in [-0.1, -0.05) is 50.6 Å². The van der Waals surface area contributed by atoms with Gasteiger partial charge in [-0.2, -0.15) is 0 Å². The van der Waals surface area contributed by atoms with E-state index in [0.29, 0.717) is 22.0 Å². The highest BCUT2D eigenvalue weighted by Crippen LogP contribution is 2.25. The SMILES string of the molecule is CC(C)(C)c1ocnc1/C=c1\[nH]c(=O)/c(=C/c2ccccc2Cl)[nH]c1=O. The summed E-state index contributed by atoms with van der Waals surface area (Å²) >= 11 is 6.09. The van der Waals surface area contributed by atoms with Crippen molar-refractivity contribution in [3.05, 3.63) is 84.1 Å². The molecule has 0 fully saturated rings. The first-order valence-electron chi connectivity index (χ1n) is 8.00. The summed E-state index contributed by atoms with van der Waals surface area (Å²) < 4.78 is 5.42. The van der Waals surface area contributed by atoms with Crippen molar-refractivity contribution >= 4 is 23.8 Å². The topological polar surface area (TPSA) is 91.8 Å². The first-order valence-corrected chi connectivity index (χ1v) is 8.38. The van der Waals surface area contributed by atoms with Crippen LogP contribution in [0.15, 0.2) is 44.7 Å². The Hall–Kier alpha value is -2.86. The van der Waals surface area contributed by atoms with Gasteiger partial charge in [0.2, 0.25) is 0 Å². The number of nitrogens with one attached hydrogen (secondary N) is 2. The minimum Gasteiger partial charge on any atom is -0.447 e. The Morgan fingerprint density at radius 2 is 1.65 bits per heavy atom. The highest BCUT2D eigenvalue weighted by molar-refractivity contribution is 6.32. The van der Waals surface area contributed by atoms with E-state index in [1.807, 2.05) is 20.8 Å². The summed E-state index contributed by atoms with van der Waals surface area (Å²) in [6.07, 6.45) is 4.35. The molecule has 0 aliphatic rings. The van der Waals surface area contributed by atoms with Crippen molar-refractivity contribution in [3.63, 3.8) is 0 Å². The van der Waals surface area contributed by atoms with E-state index in [9.17, 15) is 9.59 Å². The van der Waals surface area contributed by atoms with Gasteiger partial charge in [-0.25, -0.2) is 4.98 Å². The third-order valence-corrected chi connectivity index (χ3v) is 4.09. The second kappa shape index (κ2) is 6.80. The van der Waals surface area contributed by atoms with E-state index in [1.165, 1.54) is 18.5 Å². The zero-order valence-corrected chi connectivity index (χ0v) is 15.3. The number of H-pyrrole nitrogens is 2. The van der Waals surface area contributed by atoms with E-state index >= 15 is 0 Å². The summed E-state index contributed by atoms with van der Waals surface area (Å²) in [5.41, 5.74) is -0.0185. The molecular formula is C19H18ClN3O3. The lowest BCUT2D eigenvalue weighted by atomic mass is 9.92. The quantitative estimate of drug-likeness (QED) is 0.716. The first-order chi connectivity index (χ1) is 12.3. The molecule has 1 aromatic carbocycles. The monoisotopic (exact) mass is 371 g/mol. The van der Waals surface area contributed by atoms with Crippen LogP contribution in [0.25, 0.3) is 12.2 Å². The van der Waals surface area contributed by atoms with E-state index in [0.717, 1.165) is 0 Å². The number of halogens is 1. The van der Waals surface area contributed by atoms with Gasteiger partial charge in [0.1, 0.15) is 22.2 Å². The number of hydrogen-bond donors (Lipinski definition) is 2. The van der Waals surface area contributed by atoms with E-state index in [2.05, 4.69) is 15.0 Å². The number of rotatable bonds is 2. The van der Waals surface area contributed by atoms with E-state index in [4.69, 9.17) is 16.0 Å². The highest BCUT2D eigenvalue weighted by Gasteiger charge is 2.21. The summed E-state index contributed by atoms with van der Waals surface area (Å²) in [5.74, 6) is 0.629. The van der Waals surface area contributed by atoms with Crippen molar-refractivity contribution in [1.82, 2.24) is 15.0 Å². The summed E-state index contributed by atoms with van der Waals surface area (Å²) in [5, 5.41) is 0.711. The van der Waals surface area contributed by atoms with Gasteiger partial charge in [0.05, 0.1) is 0 Å². The summed E-state index contributed by atoms with van der Waals surface area (Å²) in [7, 11) is 0. The predicted molar refractivity (Wildman–Crippen MR) is 101 cm³/mol. The number of nitrogens with zero attached hydrogens (tertiary/aromatic N) is 1. The van der Waals surface area contributed by atoms with Crippen LogP contribution in [0, 0.1) is 0 Å². The fourth-order valence-electron chi connectivity index (χ4n) is 2.50. The Balaban J connectivity index is 2.16. The van der Waals surface area contributed by atoms with Crippen LogP contribution in [-0.4, -0.2) is 15.0 Å². The second-order valence-corrected chi connectivity index (χ2v) is 7.27. The molecule has 0 saturated heterocycles. The first kappa shape index (κ1) is 17.9. The summed E-state index contributed by atoms with van der Waals surface area (Å²) in [4.78, 5) is 34.0. The van der Waals surface area contributed by atoms with Crippen molar-refractivity contribution < 1.29 is 4.42 Å². The van der Waals surface area contributed by atoms with Crippen molar-refractivity contribution in [2.45, 2.75) is 26.2 Å². The molecule has 7 heteroatoms. The van der Waals surface area contributed by atoms with Crippen LogP contribution in [-0.2, 0) is 5.41 Å². The maximum atomic E-state index is 12.4. The summed E-state index contributed by atoms with van der Waals surface area (Å²) in [6, 6.07) is 7.05. The lowest BCUT2D eigenvalue weighted by Gasteiger charge is -2.14. The van der Waals surface area contributed by atoms with Gasteiger partial charge in [0.25, 0.3) is 11.1 Å². The minimum atomic E-state index is -0.439. The molecule has 0 saturated carbocycles. The number of aromatic nitrogens is 3. The summed E-state index contributed by atoms with van der Waals surface area (Å²) in [6.45, 7) is 5.92. The third-order valence-electron chi connectivity index (χ3n) is 3.75. The largest absolute Gasteiger partial charge is 0.447 e. The Morgan fingerprint density at radius 3 is 2.27 bits per heavy atom. The fraction of sp³-hybridized carbons (Fsp3) is 0.211. The smallest absolute Gasteiger partial charge is 0.272 e. The van der Waals surface area contributed by atoms with Gasteiger partial charge in [0, 0.05) is 10.4 Å². The van der Waals surface area contributed by atoms with Gasteiger partial charge in [-0.3, -0.25) is 9.59 Å². The number of hydrogen-bond acceptors (Lipinski definition) is 4. The third kappa shape index (κ3) is 3.70. The van der Waals surface area contributed by atoms with Gasteiger partial charge >= 0.3 is 0 Å². The van der Waals surface area contributed by atoms with E-state index in [-0.39, 0.29) is 16.1 Å². The van der Waals surface area contributed by atoms with Gasteiger partial charge in [-0.15, -0.1) is 0 Å². The molecule has 0 atom stereocenters. The second-order valence-electron chi connectivity index (χ2n) is 6.86. The van der Waals surface area contributed by atoms with Crippen molar-refractivity contribution in [1.29, 1.82) is 0 Å². The Bertz CT molecular complexity index is 1180. The Labute approximate surface area is 153 Å². The molecule has 134 valence electrons. The van der Waals surface area contributed by atoms with Crippen molar-refractivity contribution in [2.24, 2.45) is 0 Å². The molecule has 3 rings (SSSR count). The molecule has 0 bridgehead atoms. The number of aromatic amines is 2. The van der Waals surface area contributed by atoms with Crippen LogP contribution in [0.3, 0.4) is 0 Å². The molecule has 2 heterocycles. The number of oxazole rings is 1. The normalized spacial score (nSPS) is 13.4. The Kier molecular flexibility index (Phi) is 4.70. The molecule has 2 aromatic heterocycles. The van der Waals surface area contributed by atoms with Gasteiger partial charge in [-0.05, 0) is 23.8 Å². The Morgan fingerprint density at radius 1 is 1.04 bits per heavy atom. The molecule has 6 nitrogen and oxygen atoms in total. The average molecular weight is 372 g/mol. The molecule has 0 radical (unpaired) electrons. The molecule has 26 heavy (non-hydrogen) atoms. The predicted octanol–water partition coefficient (Wildman–Crippen LogP) is 1.66. The van der Waals surface area contributed by atoms with Crippen LogP contribution in [0.1, 0.15) is 37.8 Å². The van der Waals surface area contributed by atoms with Gasteiger partial charge < -0.3 is 14.4 Å². The molecule has 2 N–H and O–H groups in total. The lowest BCUT2D eigenvalue weighted by molar-refractivity contribution is 0.407. The standard InChI is InChI=1S/C19H18ClN3O3/c1-19(2,3)16-13(21-10-26-16)9-15-18(25)22-14(17(24)23-15)8-11-6-4-5-7-12(11)20/h4-10H,1-3H3,(H,22,25)(H,23,24)/b14-8-,15-9-. The molecule has 0 aliphatic heterocycles. The van der Waals surface area contributed by atoms with Crippen LogP contribution in [0.2, 0.25) is 5.02 Å². The maximum Gasteiger partial charge on any atom is 0.272 e. The number of benzene rings is 1. The van der Waals surface area contributed by atoms with Gasteiger partial charge in [0.15, 0.2) is 6.39 Å². The average Bonchev–Trinajstić information content (AvgIpc) is 3.03. The van der Waals surface area contributed by atoms with E-state index < -0.39 is 11.1 Å². The van der Waals surface area contributed by atoms with Crippen LogP contribution in [0.4, 0.5) is 0 Å². The molecule has 0 spiro atoms. The molecule has 3 aromatic rings. The lowest BCUT2D eigenvalue weighted by Crippen LogP contribution is -2.46. The van der Waals surface area contributed by atoms with E-state index in [1.54, 1.807) is 24.3 Å². The highest BCUT2D eigenvalue weighted by atomic mass is 35.5. The minimum absolute atomic E-state index is 0.103. The molecule has 0 aliphatic carbocycles. The van der Waals surface area contributed by atoms with Crippen LogP contribution in [0.5, 0.6) is 0 Å². The van der Waals surface area contributed by atoms with Crippen LogP contribution < -0.4 is 21.8 Å². The van der Waals surface area contributed by atoms with Crippen LogP contribution >= 0.6 is 11.6 Å². The zero-order chi connectivity index (χ0) is 18.9. The molecule has 0 unspecified atom stereocenters. The maximum absolute atomic E-state index is 12.4. The van der Waals surface area contributed by atoms with Crippen molar-refractivity contribution in [3.8, 4) is 0 Å².